The summed E-state index contributed by atoms with van der Waals surface area (Å²) in [7, 11) is 0. The Kier molecular flexibility index (Phi) is 3.12. The zero-order valence-corrected chi connectivity index (χ0v) is 9.53. The van der Waals surface area contributed by atoms with Gasteiger partial charge in [-0.3, -0.25) is 10.1 Å². The quantitative estimate of drug-likeness (QED) is 0.480. The number of hydrogen-bond donors (Lipinski definition) is 0. The first kappa shape index (κ1) is 11.0. The van der Waals surface area contributed by atoms with E-state index in [-0.39, 0.29) is 5.69 Å². The van der Waals surface area contributed by atoms with Gasteiger partial charge in [-0.2, -0.15) is 0 Å². The van der Waals surface area contributed by atoms with E-state index in [1.807, 2.05) is 0 Å². The van der Waals surface area contributed by atoms with Crippen LogP contribution in [-0.2, 0) is 5.88 Å². The van der Waals surface area contributed by atoms with E-state index in [2.05, 4.69) is 10.2 Å². The first-order chi connectivity index (χ1) is 7.70. The van der Waals surface area contributed by atoms with Gasteiger partial charge in [0.05, 0.1) is 10.8 Å². The van der Waals surface area contributed by atoms with Crippen molar-refractivity contribution < 1.29 is 4.92 Å². The highest BCUT2D eigenvalue weighted by atomic mass is 35.5. The fourth-order valence-corrected chi connectivity index (χ4v) is 2.06. The van der Waals surface area contributed by atoms with E-state index in [0.717, 1.165) is 10.6 Å². The summed E-state index contributed by atoms with van der Waals surface area (Å²) in [6.45, 7) is 0. The van der Waals surface area contributed by atoms with Crippen molar-refractivity contribution in [2.75, 3.05) is 0 Å². The van der Waals surface area contributed by atoms with Gasteiger partial charge >= 0.3 is 0 Å². The maximum atomic E-state index is 10.5. The normalized spacial score (nSPS) is 10.3. The van der Waals surface area contributed by atoms with Gasteiger partial charge in [-0.15, -0.1) is 21.8 Å². The highest BCUT2D eigenvalue weighted by Gasteiger charge is 2.08. The van der Waals surface area contributed by atoms with Crippen LogP contribution in [-0.4, -0.2) is 15.1 Å². The predicted octanol–water partition coefficient (Wildman–Crippen LogP) is 2.85. The summed E-state index contributed by atoms with van der Waals surface area (Å²) in [5, 5.41) is 19.7. The Bertz CT molecular complexity index is 512. The lowest BCUT2D eigenvalue weighted by Gasteiger charge is -1.94. The fraction of sp³-hybridized carbons (Fsp3) is 0.111. The molecule has 16 heavy (non-hydrogen) atoms. The number of alkyl halides is 1. The Morgan fingerprint density at radius 2 is 2.00 bits per heavy atom. The summed E-state index contributed by atoms with van der Waals surface area (Å²) in [4.78, 5) is 10.0. The Balaban J connectivity index is 2.30. The zero-order valence-electron chi connectivity index (χ0n) is 7.96. The third-order valence-corrected chi connectivity index (χ3v) is 3.29. The average molecular weight is 256 g/mol. The van der Waals surface area contributed by atoms with Gasteiger partial charge in [0.15, 0.2) is 0 Å². The Morgan fingerprint density at radius 3 is 2.50 bits per heavy atom. The molecule has 1 aromatic heterocycles. The van der Waals surface area contributed by atoms with Crippen LogP contribution in [0.3, 0.4) is 0 Å². The summed E-state index contributed by atoms with van der Waals surface area (Å²) < 4.78 is 0. The molecule has 0 fully saturated rings. The fourth-order valence-electron chi connectivity index (χ4n) is 1.15. The molecule has 0 atom stereocenters. The van der Waals surface area contributed by atoms with Gasteiger partial charge in [0.25, 0.3) is 5.69 Å². The molecule has 7 heteroatoms. The molecule has 0 amide bonds. The molecule has 82 valence electrons. The van der Waals surface area contributed by atoms with E-state index in [1.54, 1.807) is 12.1 Å². The van der Waals surface area contributed by atoms with Gasteiger partial charge in [-0.05, 0) is 12.1 Å². The summed E-state index contributed by atoms with van der Waals surface area (Å²) in [5.74, 6) is 0.324. The van der Waals surface area contributed by atoms with Crippen molar-refractivity contribution in [2.45, 2.75) is 5.88 Å². The van der Waals surface area contributed by atoms with E-state index in [0.29, 0.717) is 10.9 Å². The number of non-ortho nitro benzene ring substituents is 1. The molecule has 1 heterocycles. The first-order valence-electron chi connectivity index (χ1n) is 4.34. The molecule has 0 saturated carbocycles. The Hall–Kier alpha value is -1.53. The Labute approximate surface area is 99.9 Å². The third kappa shape index (κ3) is 2.17. The predicted molar refractivity (Wildman–Crippen MR) is 61.6 cm³/mol. The van der Waals surface area contributed by atoms with Crippen LogP contribution < -0.4 is 0 Å². The van der Waals surface area contributed by atoms with Gasteiger partial charge in [-0.25, -0.2) is 0 Å². The van der Waals surface area contributed by atoms with Crippen LogP contribution >= 0.6 is 22.9 Å². The highest BCUT2D eigenvalue weighted by molar-refractivity contribution is 7.14. The molecule has 0 aliphatic rings. The summed E-state index contributed by atoms with van der Waals surface area (Å²) >= 11 is 6.99. The van der Waals surface area contributed by atoms with Crippen molar-refractivity contribution in [2.24, 2.45) is 0 Å². The lowest BCUT2D eigenvalue weighted by atomic mass is 10.2. The molecular weight excluding hydrogens is 250 g/mol. The van der Waals surface area contributed by atoms with Gasteiger partial charge in [0.1, 0.15) is 10.0 Å². The summed E-state index contributed by atoms with van der Waals surface area (Å²) in [6.07, 6.45) is 0. The second kappa shape index (κ2) is 4.54. The van der Waals surface area contributed by atoms with Gasteiger partial charge in [-0.1, -0.05) is 11.3 Å². The minimum Gasteiger partial charge on any atom is -0.258 e. The zero-order chi connectivity index (χ0) is 11.5. The second-order valence-electron chi connectivity index (χ2n) is 2.94. The van der Waals surface area contributed by atoms with Crippen molar-refractivity contribution in [3.63, 3.8) is 0 Å². The maximum Gasteiger partial charge on any atom is 0.269 e. The van der Waals surface area contributed by atoms with E-state index in [1.165, 1.54) is 23.5 Å². The molecule has 0 saturated heterocycles. The maximum absolute atomic E-state index is 10.5. The first-order valence-corrected chi connectivity index (χ1v) is 5.69. The minimum atomic E-state index is -0.436. The topological polar surface area (TPSA) is 68.9 Å². The molecular formula is C9H6ClN3O2S. The molecule has 2 rings (SSSR count). The molecule has 0 aliphatic heterocycles. The summed E-state index contributed by atoms with van der Waals surface area (Å²) in [6, 6.07) is 6.18. The van der Waals surface area contributed by atoms with E-state index in [4.69, 9.17) is 11.6 Å². The van der Waals surface area contributed by atoms with Gasteiger partial charge in [0.2, 0.25) is 0 Å². The lowest BCUT2D eigenvalue weighted by molar-refractivity contribution is -0.384. The highest BCUT2D eigenvalue weighted by Crippen LogP contribution is 2.25. The van der Waals surface area contributed by atoms with E-state index < -0.39 is 4.92 Å². The minimum absolute atomic E-state index is 0.0610. The Morgan fingerprint density at radius 1 is 1.31 bits per heavy atom. The smallest absolute Gasteiger partial charge is 0.258 e. The van der Waals surface area contributed by atoms with Crippen LogP contribution in [0.1, 0.15) is 5.01 Å². The molecule has 5 nitrogen and oxygen atoms in total. The van der Waals surface area contributed by atoms with E-state index >= 15 is 0 Å². The third-order valence-electron chi connectivity index (χ3n) is 1.91. The van der Waals surface area contributed by atoms with Crippen LogP contribution in [0.5, 0.6) is 0 Å². The largest absolute Gasteiger partial charge is 0.269 e. The van der Waals surface area contributed by atoms with Gasteiger partial charge in [0, 0.05) is 17.7 Å². The van der Waals surface area contributed by atoms with Crippen LogP contribution in [0.15, 0.2) is 24.3 Å². The van der Waals surface area contributed by atoms with E-state index in [9.17, 15) is 10.1 Å². The molecule has 2 aromatic rings. The van der Waals surface area contributed by atoms with Crippen molar-refractivity contribution in [3.05, 3.63) is 39.4 Å². The van der Waals surface area contributed by atoms with Gasteiger partial charge < -0.3 is 0 Å². The number of nitrogens with zero attached hydrogens (tertiary/aromatic N) is 3. The van der Waals surface area contributed by atoms with Crippen LogP contribution in [0.25, 0.3) is 10.6 Å². The molecule has 0 N–H and O–H groups in total. The molecule has 1 aromatic carbocycles. The second-order valence-corrected chi connectivity index (χ2v) is 4.27. The van der Waals surface area contributed by atoms with Crippen molar-refractivity contribution in [1.29, 1.82) is 0 Å². The van der Waals surface area contributed by atoms with Crippen LogP contribution in [0.2, 0.25) is 0 Å². The van der Waals surface area contributed by atoms with Crippen molar-refractivity contribution >= 4 is 28.6 Å². The lowest BCUT2D eigenvalue weighted by Crippen LogP contribution is -1.86. The number of halogens is 1. The monoisotopic (exact) mass is 255 g/mol. The summed E-state index contributed by atoms with van der Waals surface area (Å²) in [5.41, 5.74) is 0.866. The molecule has 0 aliphatic carbocycles. The van der Waals surface area contributed by atoms with Crippen LogP contribution in [0, 0.1) is 10.1 Å². The van der Waals surface area contributed by atoms with Crippen LogP contribution in [0.4, 0.5) is 5.69 Å². The number of nitro groups is 1. The average Bonchev–Trinajstić information content (AvgIpc) is 2.77. The number of rotatable bonds is 3. The number of aromatic nitrogens is 2. The molecule has 0 unspecified atom stereocenters. The number of nitro benzene ring substituents is 1. The standard InChI is InChI=1S/C9H6ClN3O2S/c10-5-8-11-12-9(16-8)6-1-3-7(4-2-6)13(14)15/h1-4H,5H2. The molecule has 0 spiro atoms. The number of hydrogen-bond acceptors (Lipinski definition) is 5. The molecule has 0 bridgehead atoms. The number of benzene rings is 1. The van der Waals surface area contributed by atoms with Crippen molar-refractivity contribution in [1.82, 2.24) is 10.2 Å². The molecule has 0 radical (unpaired) electrons. The van der Waals surface area contributed by atoms with Crippen molar-refractivity contribution in [3.8, 4) is 10.6 Å². The SMILES string of the molecule is O=[N+]([O-])c1ccc(-c2nnc(CCl)s2)cc1.